The molecule has 2 nitrogen and oxygen atoms in total. The average molecular weight is 337 g/mol. The molecule has 2 rings (SSSR count). The van der Waals surface area contributed by atoms with Crippen molar-refractivity contribution >= 4 is 34.6 Å². The van der Waals surface area contributed by atoms with Crippen LogP contribution < -0.4 is 5.32 Å². The van der Waals surface area contributed by atoms with E-state index in [2.05, 4.69) is 24.4 Å². The molecule has 0 aromatic heterocycles. The minimum absolute atomic E-state index is 0.310. The molecule has 0 unspecified atom stereocenters. The third-order valence-electron chi connectivity index (χ3n) is 3.42. The van der Waals surface area contributed by atoms with Gasteiger partial charge in [0.25, 0.3) is 0 Å². The summed E-state index contributed by atoms with van der Waals surface area (Å²) >= 11 is 11.4. The summed E-state index contributed by atoms with van der Waals surface area (Å²) in [6.45, 7) is 2.42. The summed E-state index contributed by atoms with van der Waals surface area (Å²) in [6, 6.07) is 12.7. The predicted molar refractivity (Wildman–Crippen MR) is 94.9 cm³/mol. The van der Waals surface area contributed by atoms with Crippen molar-refractivity contribution in [3.05, 3.63) is 64.4 Å². The molecule has 2 aromatic rings. The van der Waals surface area contributed by atoms with Crippen molar-refractivity contribution < 1.29 is 4.39 Å². The zero-order valence-electron chi connectivity index (χ0n) is 12.6. The number of hydrogen-bond donors (Lipinski definition) is 1. The Labute approximate surface area is 140 Å². The molecule has 1 N–H and O–H groups in total. The molecule has 0 fully saturated rings. The van der Waals surface area contributed by atoms with Crippen LogP contribution in [0.2, 0.25) is 5.02 Å². The van der Waals surface area contributed by atoms with Crippen LogP contribution in [0, 0.1) is 5.82 Å². The van der Waals surface area contributed by atoms with Crippen molar-refractivity contribution in [3.63, 3.8) is 0 Å². The molecule has 5 heteroatoms. The first-order valence-corrected chi connectivity index (χ1v) is 7.83. The van der Waals surface area contributed by atoms with Gasteiger partial charge in [-0.3, -0.25) is 0 Å². The van der Waals surface area contributed by atoms with E-state index in [1.54, 1.807) is 24.1 Å². The first kappa shape index (κ1) is 16.7. The fraction of sp³-hybridized carbons (Fsp3) is 0.235. The van der Waals surface area contributed by atoms with E-state index in [-0.39, 0.29) is 5.82 Å². The van der Waals surface area contributed by atoms with Gasteiger partial charge in [0.2, 0.25) is 0 Å². The van der Waals surface area contributed by atoms with E-state index in [1.165, 1.54) is 11.6 Å². The predicted octanol–water partition coefficient (Wildman–Crippen LogP) is 4.87. The molecular formula is C17H18ClFN2S. The Morgan fingerprint density at radius 2 is 1.91 bits per heavy atom. The Balaban J connectivity index is 2.02. The maximum absolute atomic E-state index is 13.8. The van der Waals surface area contributed by atoms with Gasteiger partial charge in [-0.15, -0.1) is 0 Å². The number of halogens is 2. The van der Waals surface area contributed by atoms with Crippen LogP contribution in [0.25, 0.3) is 0 Å². The van der Waals surface area contributed by atoms with Gasteiger partial charge in [0.05, 0.1) is 0 Å². The number of rotatable bonds is 4. The normalized spacial score (nSPS) is 10.4. The third-order valence-corrected chi connectivity index (χ3v) is 4.18. The maximum atomic E-state index is 13.8. The molecule has 2 aromatic carbocycles. The molecule has 22 heavy (non-hydrogen) atoms. The fourth-order valence-corrected chi connectivity index (χ4v) is 2.44. The average Bonchev–Trinajstić information content (AvgIpc) is 2.51. The van der Waals surface area contributed by atoms with Gasteiger partial charge < -0.3 is 10.2 Å². The molecule has 0 bridgehead atoms. The number of thiocarbonyl (C=S) groups is 1. The number of aryl methyl sites for hydroxylation is 1. The van der Waals surface area contributed by atoms with E-state index >= 15 is 0 Å². The Hall–Kier alpha value is -1.65. The topological polar surface area (TPSA) is 15.3 Å². The Morgan fingerprint density at radius 3 is 2.50 bits per heavy atom. The summed E-state index contributed by atoms with van der Waals surface area (Å²) in [6.07, 6.45) is 0.996. The largest absolute Gasteiger partial charge is 0.348 e. The molecule has 0 radical (unpaired) electrons. The van der Waals surface area contributed by atoms with Gasteiger partial charge in [-0.05, 0) is 48.5 Å². The summed E-state index contributed by atoms with van der Waals surface area (Å²) in [5.74, 6) is -0.325. The summed E-state index contributed by atoms with van der Waals surface area (Å²) in [4.78, 5) is 1.76. The van der Waals surface area contributed by atoms with Gasteiger partial charge in [-0.25, -0.2) is 4.39 Å². The molecular weight excluding hydrogens is 319 g/mol. The van der Waals surface area contributed by atoms with Crippen LogP contribution in [0.1, 0.15) is 18.1 Å². The first-order chi connectivity index (χ1) is 10.5. The Morgan fingerprint density at radius 1 is 1.23 bits per heavy atom. The SMILES string of the molecule is CCc1ccc(NC(=S)N(C)Cc2c(F)cccc2Cl)cc1. The number of benzene rings is 2. The molecule has 0 atom stereocenters. The highest BCUT2D eigenvalue weighted by Gasteiger charge is 2.12. The highest BCUT2D eigenvalue weighted by Crippen LogP contribution is 2.20. The number of anilines is 1. The number of hydrogen-bond acceptors (Lipinski definition) is 1. The standard InChI is InChI=1S/C17H18ClFN2S/c1-3-12-7-9-13(10-8-12)20-17(22)21(2)11-14-15(18)5-4-6-16(14)19/h4-10H,3,11H2,1-2H3,(H,20,22). The van der Waals surface area contributed by atoms with Gasteiger partial charge in [-0.2, -0.15) is 0 Å². The lowest BCUT2D eigenvalue weighted by atomic mass is 10.1. The molecule has 0 heterocycles. The van der Waals surface area contributed by atoms with Crippen LogP contribution in [0.5, 0.6) is 0 Å². The van der Waals surface area contributed by atoms with E-state index in [1.807, 2.05) is 12.1 Å². The van der Waals surface area contributed by atoms with E-state index in [9.17, 15) is 4.39 Å². The minimum Gasteiger partial charge on any atom is -0.348 e. The third kappa shape index (κ3) is 4.18. The van der Waals surface area contributed by atoms with Crippen LogP contribution in [-0.4, -0.2) is 17.1 Å². The fourth-order valence-electron chi connectivity index (χ4n) is 2.04. The van der Waals surface area contributed by atoms with Crippen molar-refractivity contribution in [3.8, 4) is 0 Å². The lowest BCUT2D eigenvalue weighted by Crippen LogP contribution is -2.31. The molecule has 0 spiro atoms. The lowest BCUT2D eigenvalue weighted by Gasteiger charge is -2.22. The molecule has 0 saturated heterocycles. The van der Waals surface area contributed by atoms with Crippen LogP contribution in [0.3, 0.4) is 0 Å². The summed E-state index contributed by atoms with van der Waals surface area (Å²) < 4.78 is 13.8. The molecule has 0 amide bonds. The minimum atomic E-state index is -0.325. The second-order valence-corrected chi connectivity index (χ2v) is 5.83. The molecule has 0 saturated carbocycles. The van der Waals surface area contributed by atoms with Crippen LogP contribution >= 0.6 is 23.8 Å². The maximum Gasteiger partial charge on any atom is 0.173 e. The second kappa shape index (κ2) is 7.56. The lowest BCUT2D eigenvalue weighted by molar-refractivity contribution is 0.486. The van der Waals surface area contributed by atoms with Crippen LogP contribution in [0.15, 0.2) is 42.5 Å². The van der Waals surface area contributed by atoms with Crippen molar-refractivity contribution in [1.82, 2.24) is 4.90 Å². The summed E-state index contributed by atoms with van der Waals surface area (Å²) in [5.41, 5.74) is 2.62. The summed E-state index contributed by atoms with van der Waals surface area (Å²) in [5, 5.41) is 4.07. The first-order valence-electron chi connectivity index (χ1n) is 7.05. The van der Waals surface area contributed by atoms with E-state index in [0.29, 0.717) is 22.2 Å². The Kier molecular flexibility index (Phi) is 5.75. The van der Waals surface area contributed by atoms with Crippen molar-refractivity contribution in [2.45, 2.75) is 19.9 Å². The van der Waals surface area contributed by atoms with E-state index < -0.39 is 0 Å². The van der Waals surface area contributed by atoms with Crippen LogP contribution in [-0.2, 0) is 13.0 Å². The van der Waals surface area contributed by atoms with Crippen molar-refractivity contribution in [1.29, 1.82) is 0 Å². The number of nitrogens with zero attached hydrogens (tertiary/aromatic N) is 1. The molecule has 0 aliphatic rings. The molecule has 0 aliphatic heterocycles. The van der Waals surface area contributed by atoms with Gasteiger partial charge in [0.15, 0.2) is 5.11 Å². The van der Waals surface area contributed by atoms with Gasteiger partial charge in [-0.1, -0.05) is 36.7 Å². The van der Waals surface area contributed by atoms with E-state index in [4.69, 9.17) is 23.8 Å². The molecule has 116 valence electrons. The van der Waals surface area contributed by atoms with Gasteiger partial charge in [0.1, 0.15) is 5.82 Å². The molecule has 0 aliphatic carbocycles. The highest BCUT2D eigenvalue weighted by atomic mass is 35.5. The monoisotopic (exact) mass is 336 g/mol. The van der Waals surface area contributed by atoms with Crippen LogP contribution in [0.4, 0.5) is 10.1 Å². The van der Waals surface area contributed by atoms with Crippen molar-refractivity contribution in [2.24, 2.45) is 0 Å². The van der Waals surface area contributed by atoms with Gasteiger partial charge >= 0.3 is 0 Å². The second-order valence-electron chi connectivity index (χ2n) is 5.04. The highest BCUT2D eigenvalue weighted by molar-refractivity contribution is 7.80. The smallest absolute Gasteiger partial charge is 0.173 e. The van der Waals surface area contributed by atoms with Crippen molar-refractivity contribution in [2.75, 3.05) is 12.4 Å². The Bertz CT molecular complexity index is 638. The van der Waals surface area contributed by atoms with E-state index in [0.717, 1.165) is 12.1 Å². The summed E-state index contributed by atoms with van der Waals surface area (Å²) in [7, 11) is 1.80. The quantitative estimate of drug-likeness (QED) is 0.802. The van der Waals surface area contributed by atoms with Gasteiger partial charge in [0, 0.05) is 29.9 Å². The zero-order valence-corrected chi connectivity index (χ0v) is 14.1. The number of nitrogens with one attached hydrogen (secondary N) is 1. The zero-order chi connectivity index (χ0) is 16.1.